The van der Waals surface area contributed by atoms with Gasteiger partial charge in [-0.3, -0.25) is 0 Å². The van der Waals surface area contributed by atoms with Gasteiger partial charge in [0.15, 0.2) is 0 Å². The number of rotatable bonds is 6. The normalized spacial score (nSPS) is 25.5. The van der Waals surface area contributed by atoms with Gasteiger partial charge in [0.1, 0.15) is 0 Å². The minimum atomic E-state index is 0.411. The molecule has 1 aliphatic rings. The van der Waals surface area contributed by atoms with Gasteiger partial charge in [0.05, 0.1) is 6.10 Å². The molecule has 102 valence electrons. The molecule has 2 heterocycles. The topological polar surface area (TPSA) is 21.3 Å². The summed E-state index contributed by atoms with van der Waals surface area (Å²) in [5.41, 5.74) is 0. The highest BCUT2D eigenvalue weighted by Gasteiger charge is 2.35. The third-order valence-electron chi connectivity index (χ3n) is 3.63. The third-order valence-corrected chi connectivity index (χ3v) is 5.59. The molecule has 0 amide bonds. The summed E-state index contributed by atoms with van der Waals surface area (Å²) in [6, 6.07) is 2.59. The van der Waals surface area contributed by atoms with Gasteiger partial charge in [0.2, 0.25) is 0 Å². The van der Waals surface area contributed by atoms with E-state index in [0.717, 1.165) is 19.6 Å². The maximum atomic E-state index is 5.86. The fourth-order valence-corrected chi connectivity index (χ4v) is 4.50. The molecule has 0 radical (unpaired) electrons. The lowest BCUT2D eigenvalue weighted by Crippen LogP contribution is -2.33. The van der Waals surface area contributed by atoms with E-state index in [-0.39, 0.29) is 0 Å². The molecule has 0 saturated carbocycles. The first-order chi connectivity index (χ1) is 8.77. The van der Waals surface area contributed by atoms with Crippen molar-refractivity contribution < 1.29 is 4.74 Å². The number of ether oxygens (including phenoxy) is 1. The Morgan fingerprint density at radius 2 is 2.39 bits per heavy atom. The molecule has 4 heteroatoms. The number of thiophene rings is 1. The van der Waals surface area contributed by atoms with Crippen LogP contribution < -0.4 is 5.32 Å². The van der Waals surface area contributed by atoms with Crippen molar-refractivity contribution in [1.29, 1.82) is 0 Å². The van der Waals surface area contributed by atoms with Crippen LogP contribution >= 0.6 is 27.3 Å². The maximum absolute atomic E-state index is 5.86. The molecule has 2 nitrogen and oxygen atoms in total. The van der Waals surface area contributed by atoms with Crippen LogP contribution in [0.3, 0.4) is 0 Å². The van der Waals surface area contributed by atoms with E-state index in [1.165, 1.54) is 22.2 Å². The van der Waals surface area contributed by atoms with Crippen LogP contribution in [0.5, 0.6) is 0 Å². The minimum Gasteiger partial charge on any atom is -0.378 e. The molecule has 1 N–H and O–H groups in total. The van der Waals surface area contributed by atoms with E-state index in [1.807, 2.05) is 11.3 Å². The Morgan fingerprint density at radius 3 is 3.00 bits per heavy atom. The Labute approximate surface area is 122 Å². The van der Waals surface area contributed by atoms with E-state index < -0.39 is 0 Å². The zero-order chi connectivity index (χ0) is 13.0. The van der Waals surface area contributed by atoms with Crippen molar-refractivity contribution in [2.75, 3.05) is 13.2 Å². The summed E-state index contributed by atoms with van der Waals surface area (Å²) in [6.07, 6.45) is 3.86. The average Bonchev–Trinajstić information content (AvgIpc) is 2.99. The molecule has 0 spiro atoms. The van der Waals surface area contributed by atoms with Gasteiger partial charge in [-0.2, -0.15) is 0 Å². The van der Waals surface area contributed by atoms with Crippen LogP contribution in [0, 0.1) is 5.92 Å². The highest BCUT2D eigenvalue weighted by molar-refractivity contribution is 9.10. The lowest BCUT2D eigenvalue weighted by molar-refractivity contribution is 0.0777. The quantitative estimate of drug-likeness (QED) is 0.835. The first-order valence-electron chi connectivity index (χ1n) is 6.85. The summed E-state index contributed by atoms with van der Waals surface area (Å²) in [6.45, 7) is 6.43. The average molecular weight is 332 g/mol. The standard InChI is InChI=1S/C14H22BrNOS/c1-3-7-16-13(14-11(15)6-9-18-14)10-5-8-17-12(10)4-2/h6,9-10,12-13,16H,3-5,7-8H2,1-2H3. The van der Waals surface area contributed by atoms with Gasteiger partial charge in [-0.05, 0) is 53.2 Å². The molecule has 0 aromatic carbocycles. The second kappa shape index (κ2) is 7.04. The Hall–Kier alpha value is 0.1000. The minimum absolute atomic E-state index is 0.411. The van der Waals surface area contributed by atoms with E-state index in [2.05, 4.69) is 46.5 Å². The summed E-state index contributed by atoms with van der Waals surface area (Å²) >= 11 is 5.52. The molecule has 1 aliphatic heterocycles. The van der Waals surface area contributed by atoms with Crippen LogP contribution in [0.1, 0.15) is 44.0 Å². The Kier molecular flexibility index (Phi) is 5.67. The van der Waals surface area contributed by atoms with Crippen LogP contribution in [-0.2, 0) is 4.74 Å². The third kappa shape index (κ3) is 3.16. The molecule has 1 saturated heterocycles. The second-order valence-corrected chi connectivity index (χ2v) is 6.64. The molecule has 2 rings (SSSR count). The summed E-state index contributed by atoms with van der Waals surface area (Å²) in [7, 11) is 0. The first kappa shape index (κ1) is 14.5. The van der Waals surface area contributed by atoms with Crippen molar-refractivity contribution in [3.8, 4) is 0 Å². The van der Waals surface area contributed by atoms with E-state index in [9.17, 15) is 0 Å². The highest BCUT2D eigenvalue weighted by Crippen LogP contribution is 2.39. The van der Waals surface area contributed by atoms with E-state index in [0.29, 0.717) is 18.1 Å². The molecule has 3 unspecified atom stereocenters. The van der Waals surface area contributed by atoms with Gasteiger partial charge < -0.3 is 10.1 Å². The highest BCUT2D eigenvalue weighted by atomic mass is 79.9. The number of hydrogen-bond donors (Lipinski definition) is 1. The van der Waals surface area contributed by atoms with Gasteiger partial charge in [-0.25, -0.2) is 0 Å². The Bertz CT molecular complexity index is 368. The first-order valence-corrected chi connectivity index (χ1v) is 8.53. The Balaban J connectivity index is 2.17. The smallest absolute Gasteiger partial charge is 0.0620 e. The fraction of sp³-hybridized carbons (Fsp3) is 0.714. The SMILES string of the molecule is CCCNC(c1sccc1Br)C1CCOC1CC. The monoisotopic (exact) mass is 331 g/mol. The molecular formula is C14H22BrNOS. The molecule has 0 bridgehead atoms. The lowest BCUT2D eigenvalue weighted by atomic mass is 9.90. The van der Waals surface area contributed by atoms with E-state index in [1.54, 1.807) is 0 Å². The van der Waals surface area contributed by atoms with Gasteiger partial charge >= 0.3 is 0 Å². The molecule has 0 aliphatic carbocycles. The zero-order valence-electron chi connectivity index (χ0n) is 11.1. The van der Waals surface area contributed by atoms with E-state index >= 15 is 0 Å². The van der Waals surface area contributed by atoms with Gasteiger partial charge in [-0.15, -0.1) is 11.3 Å². The summed E-state index contributed by atoms with van der Waals surface area (Å²) in [5.74, 6) is 0.608. The van der Waals surface area contributed by atoms with Crippen molar-refractivity contribution in [3.63, 3.8) is 0 Å². The molecular weight excluding hydrogens is 310 g/mol. The number of halogens is 1. The van der Waals surface area contributed by atoms with Crippen molar-refractivity contribution in [3.05, 3.63) is 20.8 Å². The van der Waals surface area contributed by atoms with Crippen molar-refractivity contribution in [2.45, 2.75) is 45.3 Å². The molecule has 18 heavy (non-hydrogen) atoms. The number of nitrogens with one attached hydrogen (secondary N) is 1. The van der Waals surface area contributed by atoms with Crippen LogP contribution in [-0.4, -0.2) is 19.3 Å². The fourth-order valence-electron chi connectivity index (χ4n) is 2.73. The van der Waals surface area contributed by atoms with Crippen LogP contribution in [0.15, 0.2) is 15.9 Å². The largest absolute Gasteiger partial charge is 0.378 e. The van der Waals surface area contributed by atoms with Crippen LogP contribution in [0.25, 0.3) is 0 Å². The van der Waals surface area contributed by atoms with E-state index in [4.69, 9.17) is 4.74 Å². The van der Waals surface area contributed by atoms with Crippen molar-refractivity contribution in [1.82, 2.24) is 5.32 Å². The lowest BCUT2D eigenvalue weighted by Gasteiger charge is -2.28. The van der Waals surface area contributed by atoms with Gasteiger partial charge in [-0.1, -0.05) is 13.8 Å². The molecule has 1 aromatic rings. The number of hydrogen-bond acceptors (Lipinski definition) is 3. The van der Waals surface area contributed by atoms with Crippen molar-refractivity contribution in [2.24, 2.45) is 5.92 Å². The van der Waals surface area contributed by atoms with Crippen LogP contribution in [0.2, 0.25) is 0 Å². The summed E-state index contributed by atoms with van der Waals surface area (Å²) in [5, 5.41) is 5.88. The zero-order valence-corrected chi connectivity index (χ0v) is 13.5. The Morgan fingerprint density at radius 1 is 1.56 bits per heavy atom. The molecule has 1 fully saturated rings. The van der Waals surface area contributed by atoms with Crippen LogP contribution in [0.4, 0.5) is 0 Å². The summed E-state index contributed by atoms with van der Waals surface area (Å²) in [4.78, 5) is 1.43. The van der Waals surface area contributed by atoms with Gasteiger partial charge in [0.25, 0.3) is 0 Å². The predicted octanol–water partition coefficient (Wildman–Crippen LogP) is 4.37. The molecule has 3 atom stereocenters. The molecule has 1 aromatic heterocycles. The predicted molar refractivity (Wildman–Crippen MR) is 81.2 cm³/mol. The maximum Gasteiger partial charge on any atom is 0.0620 e. The summed E-state index contributed by atoms with van der Waals surface area (Å²) < 4.78 is 7.10. The second-order valence-electron chi connectivity index (χ2n) is 4.83. The van der Waals surface area contributed by atoms with Crippen molar-refractivity contribution >= 4 is 27.3 Å². The van der Waals surface area contributed by atoms with Gasteiger partial charge in [0, 0.05) is 27.9 Å².